The third-order valence-electron chi connectivity index (χ3n) is 6.80. The monoisotopic (exact) mass is 439 g/mol. The maximum Gasteiger partial charge on any atom is 0.573 e. The minimum Gasteiger partial charge on any atom is -0.402 e. The number of pyridine rings is 1. The molecule has 0 spiro atoms. The lowest BCUT2D eigenvalue weighted by atomic mass is 9.99. The molecule has 4 atom stereocenters. The maximum atomic E-state index is 13.2. The van der Waals surface area contributed by atoms with Crippen LogP contribution in [0.2, 0.25) is 0 Å². The van der Waals surface area contributed by atoms with Gasteiger partial charge in [-0.3, -0.25) is 9.58 Å². The van der Waals surface area contributed by atoms with E-state index in [2.05, 4.69) is 19.7 Å². The average Bonchev–Trinajstić information content (AvgIpc) is 3.03. The number of ether oxygens (including phenoxy) is 1. The van der Waals surface area contributed by atoms with Crippen LogP contribution >= 0.6 is 0 Å². The van der Waals surface area contributed by atoms with E-state index in [1.807, 2.05) is 24.6 Å². The normalized spacial score (nSPS) is 28.6. The van der Waals surface area contributed by atoms with Crippen molar-refractivity contribution in [3.63, 3.8) is 0 Å². The van der Waals surface area contributed by atoms with Gasteiger partial charge in [0.25, 0.3) is 0 Å². The predicted octanol–water partition coefficient (Wildman–Crippen LogP) is 4.15. The van der Waals surface area contributed by atoms with Gasteiger partial charge in [0.1, 0.15) is 6.17 Å². The lowest BCUT2D eigenvalue weighted by Crippen LogP contribution is -2.53. The summed E-state index contributed by atoms with van der Waals surface area (Å²) in [6, 6.07) is 3.75. The van der Waals surface area contributed by atoms with Crippen molar-refractivity contribution in [3.05, 3.63) is 24.0 Å². The van der Waals surface area contributed by atoms with E-state index in [4.69, 9.17) is 5.73 Å². The number of fused-ring (bicyclic) bond motifs is 1. The molecule has 0 amide bonds. The van der Waals surface area contributed by atoms with E-state index < -0.39 is 18.3 Å². The van der Waals surface area contributed by atoms with Crippen molar-refractivity contribution in [1.82, 2.24) is 19.7 Å². The van der Waals surface area contributed by atoms with Crippen molar-refractivity contribution < 1.29 is 22.3 Å². The highest BCUT2D eigenvalue weighted by Crippen LogP contribution is 2.64. The second-order valence-corrected chi connectivity index (χ2v) is 9.18. The zero-order valence-corrected chi connectivity index (χ0v) is 17.3. The van der Waals surface area contributed by atoms with Gasteiger partial charge in [-0.05, 0) is 50.7 Å². The van der Waals surface area contributed by atoms with E-state index in [1.165, 1.54) is 12.3 Å². The number of hydrogen-bond acceptors (Lipinski definition) is 5. The van der Waals surface area contributed by atoms with Crippen LogP contribution < -0.4 is 10.5 Å². The standard InChI is InChI=1S/C21H25F4N5O/c1-10(2)30-17(19-14-4-13(5-15(14)19)29-8-12(22)9-29)6-16(28-30)11-3-18(20(26)27-7-11)31-21(23,24)25/h3,6-7,10,12-15,19H,4-5,8-9H2,1-2H3,(H2,26,27)/t13-,14-,15+,19+. The van der Waals surface area contributed by atoms with E-state index in [1.54, 1.807) is 0 Å². The zero-order valence-electron chi connectivity index (χ0n) is 17.3. The van der Waals surface area contributed by atoms with Crippen LogP contribution in [0.5, 0.6) is 5.75 Å². The molecule has 10 heteroatoms. The van der Waals surface area contributed by atoms with Gasteiger partial charge in [0.2, 0.25) is 0 Å². The van der Waals surface area contributed by atoms with Gasteiger partial charge in [0.05, 0.1) is 5.69 Å². The number of hydrogen-bond donors (Lipinski definition) is 1. The topological polar surface area (TPSA) is 69.2 Å². The van der Waals surface area contributed by atoms with Crippen molar-refractivity contribution in [2.45, 2.75) is 57.2 Å². The number of nitrogens with zero attached hydrogens (tertiary/aromatic N) is 4. The molecule has 6 nitrogen and oxygen atoms in total. The summed E-state index contributed by atoms with van der Waals surface area (Å²) >= 11 is 0. The molecule has 2 aromatic rings. The Balaban J connectivity index is 1.37. The molecule has 0 aromatic carbocycles. The van der Waals surface area contributed by atoms with Gasteiger partial charge < -0.3 is 10.5 Å². The highest BCUT2D eigenvalue weighted by molar-refractivity contribution is 5.64. The molecule has 2 N–H and O–H groups in total. The number of rotatable bonds is 5. The summed E-state index contributed by atoms with van der Waals surface area (Å²) in [6.45, 7) is 5.16. The van der Waals surface area contributed by atoms with Gasteiger partial charge in [0, 0.05) is 48.5 Å². The summed E-state index contributed by atoms with van der Waals surface area (Å²) in [4.78, 5) is 6.10. The van der Waals surface area contributed by atoms with Crippen LogP contribution in [0.3, 0.4) is 0 Å². The van der Waals surface area contributed by atoms with Gasteiger partial charge in [0.15, 0.2) is 11.6 Å². The van der Waals surface area contributed by atoms with E-state index in [9.17, 15) is 17.6 Å². The first kappa shape index (κ1) is 20.5. The molecule has 1 saturated heterocycles. The Morgan fingerprint density at radius 3 is 2.42 bits per heavy atom. The maximum absolute atomic E-state index is 13.2. The second kappa shape index (κ2) is 7.08. The first-order valence-electron chi connectivity index (χ1n) is 10.6. The Bertz CT molecular complexity index is 973. The molecule has 168 valence electrons. The molecule has 3 fully saturated rings. The Morgan fingerprint density at radius 1 is 1.16 bits per heavy atom. The van der Waals surface area contributed by atoms with E-state index in [0.29, 0.717) is 48.1 Å². The lowest BCUT2D eigenvalue weighted by molar-refractivity contribution is -0.274. The molecule has 0 bridgehead atoms. The summed E-state index contributed by atoms with van der Waals surface area (Å²) in [7, 11) is 0. The van der Waals surface area contributed by atoms with Gasteiger partial charge >= 0.3 is 6.36 Å². The minimum atomic E-state index is -4.85. The minimum absolute atomic E-state index is 0.108. The van der Waals surface area contributed by atoms with Gasteiger partial charge in [-0.1, -0.05) is 0 Å². The van der Waals surface area contributed by atoms with Crippen LogP contribution in [0.4, 0.5) is 23.4 Å². The van der Waals surface area contributed by atoms with E-state index in [-0.39, 0.29) is 11.9 Å². The molecule has 2 aromatic heterocycles. The smallest absolute Gasteiger partial charge is 0.402 e. The number of halogens is 4. The van der Waals surface area contributed by atoms with Crippen LogP contribution in [0, 0.1) is 11.8 Å². The van der Waals surface area contributed by atoms with E-state index in [0.717, 1.165) is 18.5 Å². The Morgan fingerprint density at radius 2 is 1.84 bits per heavy atom. The quantitative estimate of drug-likeness (QED) is 0.709. The molecule has 2 aliphatic carbocycles. The van der Waals surface area contributed by atoms with Crippen molar-refractivity contribution in [2.75, 3.05) is 18.8 Å². The molecule has 0 unspecified atom stereocenters. The van der Waals surface area contributed by atoms with Crippen LogP contribution in [0.15, 0.2) is 18.3 Å². The second-order valence-electron chi connectivity index (χ2n) is 9.18. The molecule has 3 aliphatic rings. The Kier molecular flexibility index (Phi) is 4.69. The fourth-order valence-electron chi connectivity index (χ4n) is 5.32. The SMILES string of the molecule is CC(C)n1nc(-c2cnc(N)c(OC(F)(F)F)c2)cc1[C@H]1[C@@H]2C[C@@H](N3CC(F)C3)C[C@@H]21. The first-order valence-corrected chi connectivity index (χ1v) is 10.6. The highest BCUT2D eigenvalue weighted by atomic mass is 19.4. The fourth-order valence-corrected chi connectivity index (χ4v) is 5.32. The molecular formula is C21H25F4N5O. The fraction of sp³-hybridized carbons (Fsp3) is 0.619. The summed E-state index contributed by atoms with van der Waals surface area (Å²) in [6.07, 6.45) is -1.99. The number of likely N-dealkylation sites (tertiary alicyclic amines) is 1. The molecule has 1 aliphatic heterocycles. The van der Waals surface area contributed by atoms with Gasteiger partial charge in [-0.2, -0.15) is 5.10 Å². The molecule has 31 heavy (non-hydrogen) atoms. The summed E-state index contributed by atoms with van der Waals surface area (Å²) in [5.41, 5.74) is 7.62. The molecule has 3 heterocycles. The van der Waals surface area contributed by atoms with Crippen molar-refractivity contribution in [2.24, 2.45) is 11.8 Å². The summed E-state index contributed by atoms with van der Waals surface area (Å²) < 4.78 is 57.1. The molecule has 2 saturated carbocycles. The Hall–Kier alpha value is -2.36. The first-order chi connectivity index (χ1) is 14.6. The number of aromatic nitrogens is 3. The number of alkyl halides is 4. The lowest BCUT2D eigenvalue weighted by Gasteiger charge is -2.40. The number of nitrogen functional groups attached to an aromatic ring is 1. The summed E-state index contributed by atoms with van der Waals surface area (Å²) in [5.74, 6) is 0.639. The zero-order chi connectivity index (χ0) is 22.1. The average molecular weight is 439 g/mol. The van der Waals surface area contributed by atoms with Crippen LogP contribution in [0.25, 0.3) is 11.3 Å². The summed E-state index contributed by atoms with van der Waals surface area (Å²) in [5, 5.41) is 4.67. The van der Waals surface area contributed by atoms with E-state index >= 15 is 0 Å². The highest BCUT2D eigenvalue weighted by Gasteiger charge is 2.59. The number of nitrogens with two attached hydrogens (primary N) is 1. The Labute approximate surface area is 177 Å². The third kappa shape index (κ3) is 3.75. The number of anilines is 1. The van der Waals surface area contributed by atoms with Crippen LogP contribution in [-0.2, 0) is 0 Å². The molecular weight excluding hydrogens is 414 g/mol. The molecule has 0 radical (unpaired) electrons. The van der Waals surface area contributed by atoms with Crippen molar-refractivity contribution >= 4 is 5.82 Å². The van der Waals surface area contributed by atoms with Crippen molar-refractivity contribution in [1.29, 1.82) is 0 Å². The molecule has 5 rings (SSSR count). The van der Waals surface area contributed by atoms with Gasteiger partial charge in [-0.15, -0.1) is 13.2 Å². The van der Waals surface area contributed by atoms with Gasteiger partial charge in [-0.25, -0.2) is 9.37 Å². The van der Waals surface area contributed by atoms with Crippen molar-refractivity contribution in [3.8, 4) is 17.0 Å². The largest absolute Gasteiger partial charge is 0.573 e. The van der Waals surface area contributed by atoms with Crippen LogP contribution in [0.1, 0.15) is 44.3 Å². The predicted molar refractivity (Wildman–Crippen MR) is 106 cm³/mol. The van der Waals surface area contributed by atoms with Crippen LogP contribution in [-0.4, -0.2) is 51.3 Å². The third-order valence-corrected chi connectivity index (χ3v) is 6.80.